The van der Waals surface area contributed by atoms with E-state index in [1.807, 2.05) is 42.5 Å². The minimum Gasteiger partial charge on any atom is -0.493 e. The second-order valence-electron chi connectivity index (χ2n) is 6.41. The molecule has 0 N–H and O–H groups in total. The van der Waals surface area contributed by atoms with E-state index in [0.29, 0.717) is 6.54 Å². The van der Waals surface area contributed by atoms with E-state index in [4.69, 9.17) is 9.47 Å². The first-order chi connectivity index (χ1) is 11.8. The molecule has 0 aromatic heterocycles. The van der Waals surface area contributed by atoms with Crippen molar-refractivity contribution in [3.8, 4) is 11.5 Å². The van der Waals surface area contributed by atoms with Gasteiger partial charge in [-0.1, -0.05) is 18.2 Å². The summed E-state index contributed by atoms with van der Waals surface area (Å²) in [4.78, 5) is 14.5. The Labute approximate surface area is 142 Å². The molecule has 2 aromatic rings. The van der Waals surface area contributed by atoms with Crippen LogP contribution in [0.25, 0.3) is 0 Å². The van der Waals surface area contributed by atoms with Gasteiger partial charge >= 0.3 is 0 Å². The lowest BCUT2D eigenvalue weighted by Crippen LogP contribution is -2.23. The maximum Gasteiger partial charge on any atom is 0.258 e. The van der Waals surface area contributed by atoms with E-state index in [0.717, 1.165) is 41.2 Å². The molecule has 0 saturated heterocycles. The molecule has 1 aliphatic heterocycles. The lowest BCUT2D eigenvalue weighted by Gasteiger charge is -2.20. The molecule has 24 heavy (non-hydrogen) atoms. The molecule has 0 unspecified atom stereocenters. The summed E-state index contributed by atoms with van der Waals surface area (Å²) in [5.74, 6) is 1.49. The molecule has 4 nitrogen and oxygen atoms in total. The third-order valence-electron chi connectivity index (χ3n) is 4.88. The van der Waals surface area contributed by atoms with Crippen LogP contribution in [0.4, 0.5) is 5.69 Å². The van der Waals surface area contributed by atoms with Gasteiger partial charge in [0.15, 0.2) is 11.5 Å². The Kier molecular flexibility index (Phi) is 3.89. The zero-order valence-electron chi connectivity index (χ0n) is 13.8. The summed E-state index contributed by atoms with van der Waals surface area (Å²) in [6, 6.07) is 13.5. The number of carbonyl (C=O) groups excluding carboxylic acids is 1. The average Bonchev–Trinajstić information content (AvgIpc) is 3.23. The summed E-state index contributed by atoms with van der Waals surface area (Å²) in [5.41, 5.74) is 2.70. The molecule has 4 rings (SSSR count). The Morgan fingerprint density at radius 3 is 2.58 bits per heavy atom. The van der Waals surface area contributed by atoms with E-state index in [1.165, 1.54) is 12.8 Å². The lowest BCUT2D eigenvalue weighted by molar-refractivity contribution is 0.0996. The van der Waals surface area contributed by atoms with Crippen LogP contribution < -0.4 is 14.4 Å². The van der Waals surface area contributed by atoms with Crippen LogP contribution in [0.1, 0.15) is 41.6 Å². The number of anilines is 1. The van der Waals surface area contributed by atoms with Crippen LogP contribution >= 0.6 is 0 Å². The van der Waals surface area contributed by atoms with Crippen LogP contribution in [0.15, 0.2) is 42.5 Å². The molecule has 1 fully saturated rings. The predicted octanol–water partition coefficient (Wildman–Crippen LogP) is 4.18. The van der Waals surface area contributed by atoms with E-state index in [2.05, 4.69) is 0 Å². The summed E-state index contributed by atoms with van der Waals surface area (Å²) in [6.45, 7) is 0.601. The average molecular weight is 323 g/mol. The van der Waals surface area contributed by atoms with Gasteiger partial charge in [-0.25, -0.2) is 0 Å². The van der Waals surface area contributed by atoms with Gasteiger partial charge in [0, 0.05) is 17.3 Å². The SMILES string of the molecule is COc1ccc(N2Cc3ccccc3C2=O)cc1OC1CCCC1. The summed E-state index contributed by atoms with van der Waals surface area (Å²) in [6.07, 6.45) is 4.85. The second-order valence-corrected chi connectivity index (χ2v) is 6.41. The van der Waals surface area contributed by atoms with Gasteiger partial charge in [0.25, 0.3) is 5.91 Å². The zero-order valence-corrected chi connectivity index (χ0v) is 13.8. The van der Waals surface area contributed by atoms with Gasteiger partial charge in [-0.3, -0.25) is 4.79 Å². The van der Waals surface area contributed by atoms with Crippen molar-refractivity contribution in [1.29, 1.82) is 0 Å². The Morgan fingerprint density at radius 1 is 1.04 bits per heavy atom. The third kappa shape index (κ3) is 2.62. The normalized spacial score (nSPS) is 17.2. The summed E-state index contributed by atoms with van der Waals surface area (Å²) in [7, 11) is 1.65. The van der Waals surface area contributed by atoms with E-state index in [1.54, 1.807) is 12.0 Å². The highest BCUT2D eigenvalue weighted by Crippen LogP contribution is 2.37. The highest BCUT2D eigenvalue weighted by molar-refractivity contribution is 6.10. The highest BCUT2D eigenvalue weighted by atomic mass is 16.5. The largest absolute Gasteiger partial charge is 0.493 e. The Bertz CT molecular complexity index is 765. The van der Waals surface area contributed by atoms with E-state index >= 15 is 0 Å². The number of benzene rings is 2. The molecule has 4 heteroatoms. The van der Waals surface area contributed by atoms with Crippen molar-refractivity contribution in [2.24, 2.45) is 0 Å². The van der Waals surface area contributed by atoms with Gasteiger partial charge in [0.2, 0.25) is 0 Å². The van der Waals surface area contributed by atoms with E-state index < -0.39 is 0 Å². The van der Waals surface area contributed by atoms with Crippen molar-refractivity contribution in [1.82, 2.24) is 0 Å². The number of fused-ring (bicyclic) bond motifs is 1. The van der Waals surface area contributed by atoms with Crippen LogP contribution in [-0.4, -0.2) is 19.1 Å². The third-order valence-corrected chi connectivity index (χ3v) is 4.88. The molecular weight excluding hydrogens is 302 g/mol. The van der Waals surface area contributed by atoms with Gasteiger partial charge in [0.1, 0.15) is 0 Å². The van der Waals surface area contributed by atoms with Crippen LogP contribution in [0.2, 0.25) is 0 Å². The van der Waals surface area contributed by atoms with Crippen LogP contribution in [-0.2, 0) is 6.54 Å². The van der Waals surface area contributed by atoms with E-state index in [-0.39, 0.29) is 12.0 Å². The molecule has 0 bridgehead atoms. The van der Waals surface area contributed by atoms with Crippen molar-refractivity contribution >= 4 is 11.6 Å². The van der Waals surface area contributed by atoms with Gasteiger partial charge in [-0.2, -0.15) is 0 Å². The van der Waals surface area contributed by atoms with Crippen LogP contribution in [0, 0.1) is 0 Å². The smallest absolute Gasteiger partial charge is 0.258 e. The topological polar surface area (TPSA) is 38.8 Å². The van der Waals surface area contributed by atoms with Crippen LogP contribution in [0.5, 0.6) is 11.5 Å². The maximum atomic E-state index is 12.7. The van der Waals surface area contributed by atoms with E-state index in [9.17, 15) is 4.79 Å². The van der Waals surface area contributed by atoms with Crippen molar-refractivity contribution in [2.45, 2.75) is 38.3 Å². The van der Waals surface area contributed by atoms with Crippen molar-refractivity contribution < 1.29 is 14.3 Å². The first kappa shape index (κ1) is 15.1. The van der Waals surface area contributed by atoms with Gasteiger partial charge in [-0.15, -0.1) is 0 Å². The van der Waals surface area contributed by atoms with Crippen molar-refractivity contribution in [3.63, 3.8) is 0 Å². The van der Waals surface area contributed by atoms with Crippen molar-refractivity contribution in [2.75, 3.05) is 12.0 Å². The minimum atomic E-state index is 0.0441. The monoisotopic (exact) mass is 323 g/mol. The Hall–Kier alpha value is -2.49. The summed E-state index contributed by atoms with van der Waals surface area (Å²) in [5, 5.41) is 0. The van der Waals surface area contributed by atoms with Gasteiger partial charge < -0.3 is 14.4 Å². The molecule has 1 aliphatic carbocycles. The predicted molar refractivity (Wildman–Crippen MR) is 92.8 cm³/mol. The lowest BCUT2D eigenvalue weighted by atomic mass is 10.1. The summed E-state index contributed by atoms with van der Waals surface area (Å²) < 4.78 is 11.6. The van der Waals surface area contributed by atoms with Crippen molar-refractivity contribution in [3.05, 3.63) is 53.6 Å². The number of amides is 1. The Balaban J connectivity index is 1.63. The first-order valence-corrected chi connectivity index (χ1v) is 8.51. The number of carbonyl (C=O) groups is 1. The number of hydrogen-bond donors (Lipinski definition) is 0. The number of methoxy groups -OCH3 is 1. The molecule has 2 aliphatic rings. The fourth-order valence-corrected chi connectivity index (χ4v) is 3.57. The molecule has 1 saturated carbocycles. The minimum absolute atomic E-state index is 0.0441. The Morgan fingerprint density at radius 2 is 1.83 bits per heavy atom. The number of nitrogens with zero attached hydrogens (tertiary/aromatic N) is 1. The molecular formula is C20H21NO3. The molecule has 0 radical (unpaired) electrons. The number of ether oxygens (including phenoxy) is 2. The summed E-state index contributed by atoms with van der Waals surface area (Å²) >= 11 is 0. The van der Waals surface area contributed by atoms with Crippen LogP contribution in [0.3, 0.4) is 0 Å². The standard InChI is InChI=1S/C20H21NO3/c1-23-18-11-10-15(12-19(18)24-16-7-3-4-8-16)21-13-14-6-2-5-9-17(14)20(21)22/h2,5-6,9-12,16H,3-4,7-8,13H2,1H3. The van der Waals surface area contributed by atoms with Gasteiger partial charge in [-0.05, 0) is 49.4 Å². The fraction of sp³-hybridized carbons (Fsp3) is 0.350. The molecule has 1 heterocycles. The highest BCUT2D eigenvalue weighted by Gasteiger charge is 2.29. The molecule has 1 amide bonds. The quantitative estimate of drug-likeness (QED) is 0.847. The molecule has 0 spiro atoms. The fourth-order valence-electron chi connectivity index (χ4n) is 3.57. The molecule has 2 aromatic carbocycles. The van der Waals surface area contributed by atoms with Gasteiger partial charge in [0.05, 0.1) is 19.8 Å². The first-order valence-electron chi connectivity index (χ1n) is 8.51. The molecule has 0 atom stereocenters. The maximum absolute atomic E-state index is 12.7. The zero-order chi connectivity index (χ0) is 16.5. The second kappa shape index (κ2) is 6.19. The number of rotatable bonds is 4. The molecule has 124 valence electrons. The number of hydrogen-bond acceptors (Lipinski definition) is 3.